The summed E-state index contributed by atoms with van der Waals surface area (Å²) in [6, 6.07) is 0. The topological polar surface area (TPSA) is 0 Å². The predicted molar refractivity (Wildman–Crippen MR) is 29.5 cm³/mol. The van der Waals surface area contributed by atoms with E-state index in [-0.39, 0.29) is 0 Å². The van der Waals surface area contributed by atoms with Crippen molar-refractivity contribution in [2.45, 2.75) is 18.5 Å². The Labute approximate surface area is 59.8 Å². The van der Waals surface area contributed by atoms with E-state index in [1.807, 2.05) is 0 Å². The summed E-state index contributed by atoms with van der Waals surface area (Å²) in [5, 5.41) is 0. The van der Waals surface area contributed by atoms with Gasteiger partial charge in [-0.15, -0.1) is 0 Å². The van der Waals surface area contributed by atoms with Crippen LogP contribution >= 0.6 is 12.6 Å². The summed E-state index contributed by atoms with van der Waals surface area (Å²) in [6.45, 7) is 0. The first kappa shape index (κ1) is 10.0. The van der Waals surface area contributed by atoms with E-state index in [9.17, 15) is 22.0 Å². The molecule has 0 saturated heterocycles. The third-order valence-corrected chi connectivity index (χ3v) is 1.06. The molecule has 62 valence electrons. The van der Waals surface area contributed by atoms with Gasteiger partial charge in [0.05, 0.1) is 0 Å². The van der Waals surface area contributed by atoms with Crippen LogP contribution in [0.5, 0.6) is 0 Å². The van der Waals surface area contributed by atoms with E-state index in [1.165, 1.54) is 0 Å². The molecule has 6 heteroatoms. The highest BCUT2D eigenvalue weighted by Crippen LogP contribution is 2.37. The lowest BCUT2D eigenvalue weighted by molar-refractivity contribution is -0.282. The zero-order valence-corrected chi connectivity index (χ0v) is 5.65. The molecular weight excluding hydrogens is 175 g/mol. The van der Waals surface area contributed by atoms with Crippen molar-refractivity contribution in [2.24, 2.45) is 0 Å². The van der Waals surface area contributed by atoms with E-state index in [0.717, 1.165) is 0 Å². The van der Waals surface area contributed by atoms with Crippen molar-refractivity contribution in [3.8, 4) is 0 Å². The standard InChI is InChI=1S/C4H5F5S/c5-3(6,1-2-10)4(7,8)9/h10H,1-2H2. The molecule has 0 aliphatic carbocycles. The van der Waals surface area contributed by atoms with Crippen molar-refractivity contribution in [1.82, 2.24) is 0 Å². The number of thiol groups is 1. The summed E-state index contributed by atoms with van der Waals surface area (Å²) in [6.07, 6.45) is -6.70. The molecule has 0 rings (SSSR count). The molecule has 0 saturated carbocycles. The normalized spacial score (nSPS) is 13.8. The van der Waals surface area contributed by atoms with Crippen LogP contribution in [0.1, 0.15) is 6.42 Å². The van der Waals surface area contributed by atoms with Crippen molar-refractivity contribution in [3.05, 3.63) is 0 Å². The highest BCUT2D eigenvalue weighted by molar-refractivity contribution is 7.80. The van der Waals surface area contributed by atoms with E-state index in [0.29, 0.717) is 0 Å². The minimum Gasteiger partial charge on any atom is -0.196 e. The molecule has 10 heavy (non-hydrogen) atoms. The highest BCUT2D eigenvalue weighted by atomic mass is 32.1. The maximum atomic E-state index is 11.8. The SMILES string of the molecule is FC(F)(F)C(F)(F)CCS. The van der Waals surface area contributed by atoms with Crippen LogP contribution in [-0.2, 0) is 0 Å². The molecule has 0 spiro atoms. The largest absolute Gasteiger partial charge is 0.453 e. The van der Waals surface area contributed by atoms with E-state index >= 15 is 0 Å². The summed E-state index contributed by atoms with van der Waals surface area (Å²) in [7, 11) is 0. The Morgan fingerprint density at radius 1 is 1.00 bits per heavy atom. The van der Waals surface area contributed by atoms with Gasteiger partial charge in [-0.2, -0.15) is 34.6 Å². The molecule has 0 nitrogen and oxygen atoms in total. The number of alkyl halides is 5. The summed E-state index contributed by atoms with van der Waals surface area (Å²) in [5.41, 5.74) is 0. The highest BCUT2D eigenvalue weighted by Gasteiger charge is 2.56. The van der Waals surface area contributed by atoms with Crippen molar-refractivity contribution >= 4 is 12.6 Å². The molecule has 0 aliphatic rings. The summed E-state index contributed by atoms with van der Waals surface area (Å²) < 4.78 is 57.2. The van der Waals surface area contributed by atoms with Gasteiger partial charge in [-0.3, -0.25) is 0 Å². The zero-order valence-electron chi connectivity index (χ0n) is 4.75. The lowest BCUT2D eigenvalue weighted by Gasteiger charge is -2.17. The molecule has 0 unspecified atom stereocenters. The first-order valence-electron chi connectivity index (χ1n) is 2.36. The van der Waals surface area contributed by atoms with Gasteiger partial charge in [-0.25, -0.2) is 0 Å². The van der Waals surface area contributed by atoms with Gasteiger partial charge in [0.1, 0.15) is 0 Å². The molecule has 0 N–H and O–H groups in total. The maximum absolute atomic E-state index is 11.8. The maximum Gasteiger partial charge on any atom is 0.453 e. The third kappa shape index (κ3) is 2.32. The fourth-order valence-electron chi connectivity index (χ4n) is 0.282. The molecule has 0 aromatic carbocycles. The Kier molecular flexibility index (Phi) is 2.94. The molecule has 0 aromatic rings. The monoisotopic (exact) mass is 180 g/mol. The minimum absolute atomic E-state index is 0.480. The summed E-state index contributed by atoms with van der Waals surface area (Å²) in [5.74, 6) is -5.07. The molecule has 0 heterocycles. The molecule has 0 bridgehead atoms. The Morgan fingerprint density at radius 2 is 1.40 bits per heavy atom. The van der Waals surface area contributed by atoms with Crippen LogP contribution in [0.4, 0.5) is 22.0 Å². The first-order chi connectivity index (χ1) is 4.31. The van der Waals surface area contributed by atoms with Crippen LogP contribution in [0, 0.1) is 0 Å². The van der Waals surface area contributed by atoms with E-state index in [4.69, 9.17) is 0 Å². The summed E-state index contributed by atoms with van der Waals surface area (Å²) >= 11 is 3.27. The number of hydrogen-bond donors (Lipinski definition) is 1. The second-order valence-electron chi connectivity index (χ2n) is 1.68. The van der Waals surface area contributed by atoms with Crippen molar-refractivity contribution in [1.29, 1.82) is 0 Å². The fraction of sp³-hybridized carbons (Fsp3) is 1.00. The molecule has 0 atom stereocenters. The lowest BCUT2D eigenvalue weighted by Crippen LogP contribution is -2.36. The molecule has 0 radical (unpaired) electrons. The number of halogens is 5. The van der Waals surface area contributed by atoms with Crippen LogP contribution in [0.25, 0.3) is 0 Å². The van der Waals surface area contributed by atoms with Gasteiger partial charge in [-0.1, -0.05) is 0 Å². The van der Waals surface area contributed by atoms with Crippen molar-refractivity contribution in [2.75, 3.05) is 5.75 Å². The Hall–Kier alpha value is -0.0000000000000000555. The first-order valence-corrected chi connectivity index (χ1v) is 3.00. The molecule has 0 fully saturated rings. The van der Waals surface area contributed by atoms with E-state index in [2.05, 4.69) is 12.6 Å². The number of rotatable bonds is 2. The van der Waals surface area contributed by atoms with Crippen LogP contribution in [0.2, 0.25) is 0 Å². The van der Waals surface area contributed by atoms with Gasteiger partial charge in [0, 0.05) is 6.42 Å². The Morgan fingerprint density at radius 3 is 1.50 bits per heavy atom. The van der Waals surface area contributed by atoms with Crippen LogP contribution in [0.3, 0.4) is 0 Å². The quantitative estimate of drug-likeness (QED) is 0.490. The molecule has 0 aromatic heterocycles. The molecule has 0 aliphatic heterocycles. The van der Waals surface area contributed by atoms with Gasteiger partial charge in [-0.05, 0) is 5.75 Å². The average molecular weight is 180 g/mol. The minimum atomic E-state index is -5.43. The second-order valence-corrected chi connectivity index (χ2v) is 2.12. The summed E-state index contributed by atoms with van der Waals surface area (Å²) in [4.78, 5) is 0. The van der Waals surface area contributed by atoms with Gasteiger partial charge < -0.3 is 0 Å². The Balaban J connectivity index is 4.10. The van der Waals surface area contributed by atoms with Crippen molar-refractivity contribution in [3.63, 3.8) is 0 Å². The number of hydrogen-bond acceptors (Lipinski definition) is 1. The van der Waals surface area contributed by atoms with Gasteiger partial charge in [0.15, 0.2) is 0 Å². The van der Waals surface area contributed by atoms with Crippen LogP contribution in [0.15, 0.2) is 0 Å². The second kappa shape index (κ2) is 2.94. The fourth-order valence-corrected chi connectivity index (χ4v) is 0.563. The van der Waals surface area contributed by atoms with Gasteiger partial charge in [0.2, 0.25) is 0 Å². The lowest BCUT2D eigenvalue weighted by atomic mass is 10.2. The smallest absolute Gasteiger partial charge is 0.196 e. The zero-order chi connectivity index (χ0) is 8.41. The third-order valence-electron chi connectivity index (χ3n) is 0.841. The molecule has 0 amide bonds. The average Bonchev–Trinajstić information content (AvgIpc) is 1.61. The predicted octanol–water partition coefficient (Wildman–Crippen LogP) is 2.50. The van der Waals surface area contributed by atoms with Gasteiger partial charge >= 0.3 is 12.1 Å². The van der Waals surface area contributed by atoms with E-state index in [1.54, 1.807) is 0 Å². The van der Waals surface area contributed by atoms with Gasteiger partial charge in [0.25, 0.3) is 0 Å². The molecular formula is C4H5F5S. The van der Waals surface area contributed by atoms with Crippen molar-refractivity contribution < 1.29 is 22.0 Å². The Bertz CT molecular complexity index is 107. The van der Waals surface area contributed by atoms with E-state index < -0.39 is 24.3 Å². The van der Waals surface area contributed by atoms with Crippen LogP contribution < -0.4 is 0 Å². The van der Waals surface area contributed by atoms with Crippen LogP contribution in [-0.4, -0.2) is 17.9 Å².